The predicted molar refractivity (Wildman–Crippen MR) is 74.6 cm³/mol. The molecule has 0 amide bonds. The van der Waals surface area contributed by atoms with Gasteiger partial charge in [0.15, 0.2) is 0 Å². The molecule has 0 aromatic heterocycles. The summed E-state index contributed by atoms with van der Waals surface area (Å²) in [6, 6.07) is 10.8. The van der Waals surface area contributed by atoms with E-state index >= 15 is 0 Å². The molecule has 0 spiro atoms. The summed E-state index contributed by atoms with van der Waals surface area (Å²) in [4.78, 5) is 0. The topological polar surface area (TPSA) is 35.2 Å². The summed E-state index contributed by atoms with van der Waals surface area (Å²) in [7, 11) is 1.59. The maximum atomic E-state index is 13.3. The third-order valence-corrected chi connectivity index (χ3v) is 3.25. The van der Waals surface area contributed by atoms with E-state index in [1.807, 2.05) is 24.3 Å². The molecule has 0 fully saturated rings. The molecule has 2 aromatic carbocycles. The molecule has 0 heterocycles. The Morgan fingerprint density at radius 1 is 1.05 bits per heavy atom. The Morgan fingerprint density at radius 2 is 1.60 bits per heavy atom. The summed E-state index contributed by atoms with van der Waals surface area (Å²) in [5.74, 6) is -0.484. The highest BCUT2D eigenvalue weighted by Gasteiger charge is 2.23. The molecular weight excluding hydrogens is 260 g/mol. The summed E-state index contributed by atoms with van der Waals surface area (Å²) in [6.07, 6.45) is 0.472. The van der Waals surface area contributed by atoms with Gasteiger partial charge >= 0.3 is 0 Å². The van der Waals surface area contributed by atoms with Crippen LogP contribution in [0.4, 0.5) is 8.78 Å². The van der Waals surface area contributed by atoms with Crippen molar-refractivity contribution >= 4 is 0 Å². The predicted octanol–water partition coefficient (Wildman–Crippen LogP) is 3.39. The Labute approximate surface area is 117 Å². The standard InChI is InChI=1S/C16H17F2NO/c1-16(19,12-7-13(17)9-14(18)8-12)10-11-3-5-15(20-2)6-4-11/h3-9H,10,19H2,1-2H3. The van der Waals surface area contributed by atoms with E-state index in [4.69, 9.17) is 10.5 Å². The Bertz CT molecular complexity index is 574. The first-order chi connectivity index (χ1) is 9.40. The molecule has 0 saturated heterocycles. The van der Waals surface area contributed by atoms with Crippen LogP contribution in [0.25, 0.3) is 0 Å². The number of halogens is 2. The molecule has 0 aliphatic carbocycles. The minimum Gasteiger partial charge on any atom is -0.497 e. The van der Waals surface area contributed by atoms with Crippen LogP contribution >= 0.6 is 0 Å². The van der Waals surface area contributed by atoms with Crippen LogP contribution < -0.4 is 10.5 Å². The molecule has 0 saturated carbocycles. The smallest absolute Gasteiger partial charge is 0.126 e. The van der Waals surface area contributed by atoms with Gasteiger partial charge in [0.1, 0.15) is 17.4 Å². The van der Waals surface area contributed by atoms with Crippen LogP contribution in [0.15, 0.2) is 42.5 Å². The van der Waals surface area contributed by atoms with E-state index in [1.165, 1.54) is 12.1 Å². The molecule has 2 nitrogen and oxygen atoms in total. The van der Waals surface area contributed by atoms with Gasteiger partial charge in [0, 0.05) is 11.6 Å². The van der Waals surface area contributed by atoms with Gasteiger partial charge in [-0.3, -0.25) is 0 Å². The van der Waals surface area contributed by atoms with Crippen LogP contribution in [-0.4, -0.2) is 7.11 Å². The summed E-state index contributed by atoms with van der Waals surface area (Å²) < 4.78 is 31.7. The fourth-order valence-electron chi connectivity index (χ4n) is 2.15. The summed E-state index contributed by atoms with van der Waals surface area (Å²) in [5, 5.41) is 0. The van der Waals surface area contributed by atoms with Gasteiger partial charge in [-0.25, -0.2) is 8.78 Å². The monoisotopic (exact) mass is 277 g/mol. The molecule has 2 aromatic rings. The van der Waals surface area contributed by atoms with Gasteiger partial charge in [0.25, 0.3) is 0 Å². The average Bonchev–Trinajstić information content (AvgIpc) is 2.38. The highest BCUT2D eigenvalue weighted by molar-refractivity contribution is 5.32. The van der Waals surface area contributed by atoms with E-state index in [0.717, 1.165) is 17.4 Å². The molecule has 2 N–H and O–H groups in total. The van der Waals surface area contributed by atoms with Crippen LogP contribution in [-0.2, 0) is 12.0 Å². The number of rotatable bonds is 4. The van der Waals surface area contributed by atoms with Crippen LogP contribution in [0.3, 0.4) is 0 Å². The second-order valence-corrected chi connectivity index (χ2v) is 5.10. The summed E-state index contributed by atoms with van der Waals surface area (Å²) >= 11 is 0. The lowest BCUT2D eigenvalue weighted by atomic mass is 9.86. The van der Waals surface area contributed by atoms with Crippen molar-refractivity contribution in [2.24, 2.45) is 5.73 Å². The molecule has 4 heteroatoms. The molecule has 2 rings (SSSR count). The van der Waals surface area contributed by atoms with E-state index in [1.54, 1.807) is 14.0 Å². The quantitative estimate of drug-likeness (QED) is 0.929. The second kappa shape index (κ2) is 5.59. The third-order valence-electron chi connectivity index (χ3n) is 3.25. The van der Waals surface area contributed by atoms with Crippen molar-refractivity contribution < 1.29 is 13.5 Å². The van der Waals surface area contributed by atoms with Crippen LogP contribution in [0.2, 0.25) is 0 Å². The number of ether oxygens (including phenoxy) is 1. The van der Waals surface area contributed by atoms with E-state index in [-0.39, 0.29) is 0 Å². The molecule has 0 radical (unpaired) electrons. The number of hydrogen-bond acceptors (Lipinski definition) is 2. The van der Waals surface area contributed by atoms with Crippen molar-refractivity contribution in [1.29, 1.82) is 0 Å². The van der Waals surface area contributed by atoms with Crippen molar-refractivity contribution in [2.45, 2.75) is 18.9 Å². The normalized spacial score (nSPS) is 13.8. The maximum absolute atomic E-state index is 13.3. The van der Waals surface area contributed by atoms with E-state index < -0.39 is 17.2 Å². The Kier molecular flexibility index (Phi) is 4.04. The lowest BCUT2D eigenvalue weighted by Crippen LogP contribution is -2.35. The van der Waals surface area contributed by atoms with Crippen LogP contribution in [0.1, 0.15) is 18.1 Å². The second-order valence-electron chi connectivity index (χ2n) is 5.10. The SMILES string of the molecule is COc1ccc(CC(C)(N)c2cc(F)cc(F)c2)cc1. The molecular formula is C16H17F2NO. The first kappa shape index (κ1) is 14.5. The van der Waals surface area contributed by atoms with Gasteiger partial charge in [-0.05, 0) is 48.7 Å². The lowest BCUT2D eigenvalue weighted by molar-refractivity contribution is 0.414. The number of nitrogens with two attached hydrogens (primary N) is 1. The number of methoxy groups -OCH3 is 1. The lowest BCUT2D eigenvalue weighted by Gasteiger charge is -2.25. The Hall–Kier alpha value is -1.94. The largest absolute Gasteiger partial charge is 0.497 e. The summed E-state index contributed by atoms with van der Waals surface area (Å²) in [6.45, 7) is 1.76. The number of benzene rings is 2. The Morgan fingerprint density at radius 3 is 2.10 bits per heavy atom. The van der Waals surface area contributed by atoms with Crippen molar-refractivity contribution in [3.8, 4) is 5.75 Å². The molecule has 0 bridgehead atoms. The Balaban J connectivity index is 2.24. The fourth-order valence-corrected chi connectivity index (χ4v) is 2.15. The first-order valence-electron chi connectivity index (χ1n) is 6.29. The van der Waals surface area contributed by atoms with Gasteiger partial charge in [-0.1, -0.05) is 12.1 Å². The minimum atomic E-state index is -0.850. The zero-order chi connectivity index (χ0) is 14.8. The molecule has 1 atom stereocenters. The van der Waals surface area contributed by atoms with Crippen molar-refractivity contribution in [2.75, 3.05) is 7.11 Å². The third kappa shape index (κ3) is 3.33. The first-order valence-corrected chi connectivity index (χ1v) is 6.29. The molecule has 1 unspecified atom stereocenters. The average molecular weight is 277 g/mol. The number of hydrogen-bond donors (Lipinski definition) is 1. The van der Waals surface area contributed by atoms with Crippen molar-refractivity contribution in [3.05, 3.63) is 65.2 Å². The van der Waals surface area contributed by atoms with Gasteiger partial charge in [0.2, 0.25) is 0 Å². The van der Waals surface area contributed by atoms with Gasteiger partial charge in [-0.15, -0.1) is 0 Å². The zero-order valence-electron chi connectivity index (χ0n) is 11.5. The van der Waals surface area contributed by atoms with E-state index in [0.29, 0.717) is 12.0 Å². The van der Waals surface area contributed by atoms with Gasteiger partial charge in [0.05, 0.1) is 7.11 Å². The molecule has 106 valence electrons. The molecule has 0 aliphatic rings. The minimum absolute atomic E-state index is 0.436. The highest BCUT2D eigenvalue weighted by atomic mass is 19.1. The summed E-state index contributed by atoms with van der Waals surface area (Å²) in [5.41, 5.74) is 6.77. The van der Waals surface area contributed by atoms with Crippen LogP contribution in [0, 0.1) is 11.6 Å². The van der Waals surface area contributed by atoms with Crippen molar-refractivity contribution in [1.82, 2.24) is 0 Å². The molecule has 20 heavy (non-hydrogen) atoms. The van der Waals surface area contributed by atoms with Gasteiger partial charge in [-0.2, -0.15) is 0 Å². The van der Waals surface area contributed by atoms with Gasteiger partial charge < -0.3 is 10.5 Å². The van der Waals surface area contributed by atoms with E-state index in [9.17, 15) is 8.78 Å². The van der Waals surface area contributed by atoms with Crippen LogP contribution in [0.5, 0.6) is 5.75 Å². The fraction of sp³-hybridized carbons (Fsp3) is 0.250. The zero-order valence-corrected chi connectivity index (χ0v) is 11.5. The molecule has 0 aliphatic heterocycles. The maximum Gasteiger partial charge on any atom is 0.126 e. The highest BCUT2D eigenvalue weighted by Crippen LogP contribution is 2.25. The van der Waals surface area contributed by atoms with Crippen molar-refractivity contribution in [3.63, 3.8) is 0 Å². The van der Waals surface area contributed by atoms with E-state index in [2.05, 4.69) is 0 Å².